The molecule has 2 heterocycles. The van der Waals surface area contributed by atoms with Gasteiger partial charge in [-0.15, -0.1) is 0 Å². The van der Waals surface area contributed by atoms with Crippen molar-refractivity contribution in [1.29, 1.82) is 0 Å². The van der Waals surface area contributed by atoms with Gasteiger partial charge >= 0.3 is 0 Å². The number of carbonyl (C=O) groups excluding carboxylic acids is 1. The third-order valence-electron chi connectivity index (χ3n) is 4.44. The fourth-order valence-corrected chi connectivity index (χ4v) is 2.87. The van der Waals surface area contributed by atoms with Crippen LogP contribution in [0.4, 0.5) is 4.39 Å². The maximum atomic E-state index is 12.9. The number of amides is 1. The molecule has 1 aromatic carbocycles. The van der Waals surface area contributed by atoms with Crippen molar-refractivity contribution in [2.24, 2.45) is 22.7 Å². The minimum absolute atomic E-state index is 0.00135. The van der Waals surface area contributed by atoms with Crippen LogP contribution in [0.15, 0.2) is 29.4 Å². The maximum Gasteiger partial charge on any atom is 0.232 e. The van der Waals surface area contributed by atoms with E-state index in [2.05, 4.69) is 15.8 Å². The van der Waals surface area contributed by atoms with Crippen LogP contribution >= 0.6 is 0 Å². The molecule has 1 amide bonds. The Labute approximate surface area is 145 Å². The highest BCUT2D eigenvalue weighted by Gasteiger charge is 2.28. The lowest BCUT2D eigenvalue weighted by atomic mass is 9.99. The van der Waals surface area contributed by atoms with Gasteiger partial charge in [0.15, 0.2) is 0 Å². The van der Waals surface area contributed by atoms with Gasteiger partial charge < -0.3 is 25.9 Å². The first kappa shape index (κ1) is 17.5. The molecule has 1 aromatic rings. The van der Waals surface area contributed by atoms with E-state index in [-0.39, 0.29) is 17.8 Å². The van der Waals surface area contributed by atoms with Crippen LogP contribution in [-0.2, 0) is 9.53 Å². The first-order valence-electron chi connectivity index (χ1n) is 8.45. The predicted octanol–water partition coefficient (Wildman–Crippen LogP) is 0.608. The van der Waals surface area contributed by atoms with E-state index in [1.54, 1.807) is 12.1 Å². The first-order chi connectivity index (χ1) is 12.1. The molecule has 1 unspecified atom stereocenters. The van der Waals surface area contributed by atoms with E-state index in [0.29, 0.717) is 43.8 Å². The van der Waals surface area contributed by atoms with Gasteiger partial charge in [0, 0.05) is 12.5 Å². The molecule has 2 aliphatic rings. The van der Waals surface area contributed by atoms with Crippen LogP contribution in [0.1, 0.15) is 12.8 Å². The number of nitrogens with zero attached hydrogens (tertiary/aromatic N) is 1. The molecule has 8 heteroatoms. The Hall–Kier alpha value is -2.35. The molecule has 0 radical (unpaired) electrons. The largest absolute Gasteiger partial charge is 0.493 e. The number of halogens is 1. The van der Waals surface area contributed by atoms with Crippen molar-refractivity contribution < 1.29 is 18.7 Å². The zero-order valence-electron chi connectivity index (χ0n) is 13.9. The Morgan fingerprint density at radius 3 is 2.84 bits per heavy atom. The summed E-state index contributed by atoms with van der Waals surface area (Å²) in [6.45, 7) is 2.02. The molecule has 0 bridgehead atoms. The van der Waals surface area contributed by atoms with Crippen molar-refractivity contribution in [3.63, 3.8) is 0 Å². The number of carbonyl (C=O) groups is 1. The number of nitrogens with two attached hydrogens (primary N) is 1. The number of hydrazone groups is 1. The van der Waals surface area contributed by atoms with E-state index < -0.39 is 5.92 Å². The fourth-order valence-electron chi connectivity index (χ4n) is 2.87. The fraction of sp³-hybridized carbons (Fsp3) is 0.529. The summed E-state index contributed by atoms with van der Waals surface area (Å²) in [5.41, 5.74) is 8.37. The molecule has 1 saturated heterocycles. The van der Waals surface area contributed by atoms with E-state index in [0.717, 1.165) is 12.8 Å². The molecule has 2 aliphatic heterocycles. The smallest absolute Gasteiger partial charge is 0.232 e. The molecule has 7 nitrogen and oxygen atoms in total. The van der Waals surface area contributed by atoms with Crippen molar-refractivity contribution in [2.45, 2.75) is 18.9 Å². The number of ether oxygens (including phenoxy) is 2. The highest BCUT2D eigenvalue weighted by atomic mass is 19.1. The summed E-state index contributed by atoms with van der Waals surface area (Å²) in [7, 11) is 0. The number of amidine groups is 1. The number of hydrogen-bond acceptors (Lipinski definition) is 6. The van der Waals surface area contributed by atoms with Crippen molar-refractivity contribution in [1.82, 2.24) is 10.7 Å². The van der Waals surface area contributed by atoms with Gasteiger partial charge in [0.05, 0.1) is 25.9 Å². The Balaban J connectivity index is 1.34. The quantitative estimate of drug-likeness (QED) is 0.698. The highest BCUT2D eigenvalue weighted by molar-refractivity contribution is 6.03. The molecule has 3 atom stereocenters. The van der Waals surface area contributed by atoms with E-state index in [4.69, 9.17) is 15.2 Å². The van der Waals surface area contributed by atoms with E-state index in [1.807, 2.05) is 0 Å². The molecule has 136 valence electrons. The average Bonchev–Trinajstić information content (AvgIpc) is 3.06. The summed E-state index contributed by atoms with van der Waals surface area (Å²) in [5, 5.41) is 6.68. The van der Waals surface area contributed by atoms with Gasteiger partial charge in [-0.1, -0.05) is 0 Å². The topological polar surface area (TPSA) is 98.0 Å². The predicted molar refractivity (Wildman–Crippen MR) is 90.5 cm³/mol. The molecule has 1 fully saturated rings. The lowest BCUT2D eigenvalue weighted by Crippen LogP contribution is -2.44. The minimum Gasteiger partial charge on any atom is -0.493 e. The summed E-state index contributed by atoms with van der Waals surface area (Å²) in [6, 6.07) is 5.99. The van der Waals surface area contributed by atoms with Crippen LogP contribution < -0.4 is 21.2 Å². The summed E-state index contributed by atoms with van der Waals surface area (Å²) in [6.07, 6.45) is 1.80. The molecular weight excluding hydrogens is 327 g/mol. The van der Waals surface area contributed by atoms with E-state index in [1.165, 1.54) is 12.1 Å². The number of nitrogens with one attached hydrogen (secondary N) is 2. The maximum absolute atomic E-state index is 12.9. The summed E-state index contributed by atoms with van der Waals surface area (Å²) in [4.78, 5) is 12.0. The number of benzene rings is 1. The average molecular weight is 350 g/mol. The van der Waals surface area contributed by atoms with Crippen molar-refractivity contribution in [3.05, 3.63) is 30.1 Å². The lowest BCUT2D eigenvalue weighted by Gasteiger charge is -2.29. The van der Waals surface area contributed by atoms with E-state index >= 15 is 0 Å². The van der Waals surface area contributed by atoms with Gasteiger partial charge in [-0.2, -0.15) is 5.10 Å². The molecule has 3 rings (SSSR count). The third-order valence-corrected chi connectivity index (χ3v) is 4.44. The van der Waals surface area contributed by atoms with Gasteiger partial charge in [0.1, 0.15) is 23.3 Å². The molecule has 25 heavy (non-hydrogen) atoms. The lowest BCUT2D eigenvalue weighted by molar-refractivity contribution is -0.123. The van der Waals surface area contributed by atoms with Gasteiger partial charge in [-0.3, -0.25) is 4.79 Å². The van der Waals surface area contributed by atoms with Crippen molar-refractivity contribution in [2.75, 3.05) is 26.3 Å². The number of hydrogen-bond donors (Lipinski definition) is 3. The number of rotatable bonds is 6. The van der Waals surface area contributed by atoms with Crippen LogP contribution in [0.5, 0.6) is 5.75 Å². The highest BCUT2D eigenvalue weighted by Crippen LogP contribution is 2.20. The minimum atomic E-state index is -0.402. The van der Waals surface area contributed by atoms with Crippen molar-refractivity contribution in [3.8, 4) is 5.75 Å². The molecule has 0 spiro atoms. The Morgan fingerprint density at radius 2 is 2.20 bits per heavy atom. The second-order valence-corrected chi connectivity index (χ2v) is 6.36. The zero-order chi connectivity index (χ0) is 17.6. The van der Waals surface area contributed by atoms with Gasteiger partial charge in [-0.25, -0.2) is 4.39 Å². The second-order valence-electron chi connectivity index (χ2n) is 6.36. The van der Waals surface area contributed by atoms with Crippen LogP contribution in [0, 0.1) is 17.7 Å². The van der Waals surface area contributed by atoms with Gasteiger partial charge in [0.2, 0.25) is 5.91 Å². The summed E-state index contributed by atoms with van der Waals surface area (Å²) >= 11 is 0. The van der Waals surface area contributed by atoms with Crippen LogP contribution in [0.25, 0.3) is 0 Å². The Kier molecular flexibility index (Phi) is 5.70. The normalized spacial score (nSPS) is 25.8. The van der Waals surface area contributed by atoms with Crippen molar-refractivity contribution >= 4 is 11.7 Å². The summed E-state index contributed by atoms with van der Waals surface area (Å²) in [5.74, 6) is 0.454. The zero-order valence-corrected chi connectivity index (χ0v) is 13.9. The first-order valence-corrected chi connectivity index (χ1v) is 8.45. The standard InChI is InChI=1S/C17H23FN4O3/c18-12-2-5-13(6-3-12)24-9-11-1-4-14(25-10-11)7-20-17(23)15-8-21-22-16(15)19/h2-3,5-6,11,14-15,21H,1,4,7-10H2,(H2,19,22)(H,20,23)/t11-,14+,15?/m0/s1. The Morgan fingerprint density at radius 1 is 1.40 bits per heavy atom. The molecule has 4 N–H and O–H groups in total. The van der Waals surface area contributed by atoms with Crippen LogP contribution in [0.3, 0.4) is 0 Å². The summed E-state index contributed by atoms with van der Waals surface area (Å²) < 4.78 is 24.3. The van der Waals surface area contributed by atoms with Gasteiger partial charge in [0.25, 0.3) is 0 Å². The molecule has 0 saturated carbocycles. The van der Waals surface area contributed by atoms with Gasteiger partial charge in [-0.05, 0) is 37.1 Å². The monoisotopic (exact) mass is 350 g/mol. The third kappa shape index (κ3) is 4.82. The van der Waals surface area contributed by atoms with Crippen LogP contribution in [0.2, 0.25) is 0 Å². The molecule has 0 aliphatic carbocycles. The second kappa shape index (κ2) is 8.15. The molecule has 0 aromatic heterocycles. The molecular formula is C17H23FN4O3. The SMILES string of the molecule is NC1=NNCC1C(=O)NC[C@H]1CC[C@@H](COc2ccc(F)cc2)CO1. The van der Waals surface area contributed by atoms with E-state index in [9.17, 15) is 9.18 Å². The van der Waals surface area contributed by atoms with Crippen LogP contribution in [-0.4, -0.2) is 44.2 Å². The Bertz CT molecular complexity index is 615.